The number of hydrogen-bond donors (Lipinski definition) is 1. The van der Waals surface area contributed by atoms with Gasteiger partial charge in [0.15, 0.2) is 0 Å². The summed E-state index contributed by atoms with van der Waals surface area (Å²) in [4.78, 5) is 36.2. The monoisotopic (exact) mass is 319 g/mol. The van der Waals surface area contributed by atoms with E-state index in [9.17, 15) is 19.7 Å². The normalized spacial score (nSPS) is 20.9. The van der Waals surface area contributed by atoms with Crippen molar-refractivity contribution in [2.24, 2.45) is 11.8 Å². The number of amides is 2. The highest BCUT2D eigenvalue weighted by Gasteiger charge is 2.25. The Labute approximate surface area is 134 Å². The molecule has 7 heteroatoms. The first-order chi connectivity index (χ1) is 10.9. The number of likely N-dealkylation sites (tertiary alicyclic amines) is 1. The molecule has 0 spiro atoms. The molecule has 0 saturated carbocycles. The van der Waals surface area contributed by atoms with Crippen LogP contribution < -0.4 is 5.32 Å². The molecule has 0 aromatic heterocycles. The minimum Gasteiger partial charge on any atom is -0.343 e. The van der Waals surface area contributed by atoms with Gasteiger partial charge in [0.2, 0.25) is 5.91 Å². The number of nitrogens with zero attached hydrogens (tertiary/aromatic N) is 2. The van der Waals surface area contributed by atoms with Gasteiger partial charge in [-0.1, -0.05) is 19.9 Å². The Bertz CT molecular complexity index is 607. The zero-order chi connectivity index (χ0) is 17.0. The average molecular weight is 319 g/mol. The fraction of sp³-hybridized carbons (Fsp3) is 0.500. The number of nitro benzene ring substituents is 1. The Balaban J connectivity index is 1.92. The van der Waals surface area contributed by atoms with Crippen LogP contribution in [-0.4, -0.2) is 41.3 Å². The summed E-state index contributed by atoms with van der Waals surface area (Å²) in [7, 11) is 0. The number of carbonyl (C=O) groups excluding carboxylic acids is 2. The number of nitro groups is 1. The molecule has 1 aromatic rings. The highest BCUT2D eigenvalue weighted by Crippen LogP contribution is 2.20. The Hall–Kier alpha value is -2.44. The zero-order valence-corrected chi connectivity index (χ0v) is 13.3. The molecule has 124 valence electrons. The van der Waals surface area contributed by atoms with Gasteiger partial charge >= 0.3 is 0 Å². The second-order valence-corrected chi connectivity index (χ2v) is 6.23. The summed E-state index contributed by atoms with van der Waals surface area (Å²) >= 11 is 0. The van der Waals surface area contributed by atoms with Crippen LogP contribution in [0, 0.1) is 22.0 Å². The summed E-state index contributed by atoms with van der Waals surface area (Å²) in [6.07, 6.45) is 1.10. The molecule has 0 radical (unpaired) electrons. The molecule has 0 unspecified atom stereocenters. The van der Waals surface area contributed by atoms with Crippen molar-refractivity contribution in [3.63, 3.8) is 0 Å². The van der Waals surface area contributed by atoms with Gasteiger partial charge < -0.3 is 10.2 Å². The van der Waals surface area contributed by atoms with Crippen LogP contribution in [-0.2, 0) is 4.79 Å². The lowest BCUT2D eigenvalue weighted by Gasteiger charge is -2.35. The van der Waals surface area contributed by atoms with Crippen LogP contribution >= 0.6 is 0 Å². The lowest BCUT2D eigenvalue weighted by Crippen LogP contribution is -2.46. The molecule has 2 rings (SSSR count). The molecule has 0 bridgehead atoms. The van der Waals surface area contributed by atoms with Crippen LogP contribution in [0.25, 0.3) is 0 Å². The van der Waals surface area contributed by atoms with Crippen molar-refractivity contribution in [2.45, 2.75) is 20.3 Å². The van der Waals surface area contributed by atoms with Gasteiger partial charge in [-0.15, -0.1) is 0 Å². The Morgan fingerprint density at radius 1 is 1.30 bits per heavy atom. The molecular weight excluding hydrogens is 298 g/mol. The first kappa shape index (κ1) is 16.9. The minimum atomic E-state index is -0.557. The van der Waals surface area contributed by atoms with Gasteiger partial charge in [-0.25, -0.2) is 0 Å². The first-order valence-electron chi connectivity index (χ1n) is 7.67. The van der Waals surface area contributed by atoms with E-state index in [0.717, 1.165) is 6.42 Å². The van der Waals surface area contributed by atoms with Crippen molar-refractivity contribution >= 4 is 17.5 Å². The van der Waals surface area contributed by atoms with Crippen molar-refractivity contribution < 1.29 is 14.5 Å². The number of piperidine rings is 1. The maximum Gasteiger partial charge on any atom is 0.270 e. The largest absolute Gasteiger partial charge is 0.343 e. The van der Waals surface area contributed by atoms with Crippen LogP contribution in [0.3, 0.4) is 0 Å². The quantitative estimate of drug-likeness (QED) is 0.677. The van der Waals surface area contributed by atoms with E-state index in [1.165, 1.54) is 24.3 Å². The minimum absolute atomic E-state index is 0.0963. The van der Waals surface area contributed by atoms with E-state index in [4.69, 9.17) is 0 Å². The molecule has 1 N–H and O–H groups in total. The molecule has 1 aliphatic rings. The van der Waals surface area contributed by atoms with E-state index in [2.05, 4.69) is 19.2 Å². The zero-order valence-electron chi connectivity index (χ0n) is 13.3. The lowest BCUT2D eigenvalue weighted by atomic mass is 9.92. The Kier molecular flexibility index (Phi) is 5.31. The Morgan fingerprint density at radius 2 is 1.96 bits per heavy atom. The van der Waals surface area contributed by atoms with E-state index in [0.29, 0.717) is 24.9 Å². The van der Waals surface area contributed by atoms with Gasteiger partial charge in [-0.3, -0.25) is 19.7 Å². The van der Waals surface area contributed by atoms with Crippen molar-refractivity contribution in [2.75, 3.05) is 19.6 Å². The summed E-state index contributed by atoms with van der Waals surface area (Å²) in [5.74, 6) is 0.299. The highest BCUT2D eigenvalue weighted by molar-refractivity contribution is 5.96. The third-order valence-corrected chi connectivity index (χ3v) is 3.94. The Morgan fingerprint density at radius 3 is 2.57 bits per heavy atom. The van der Waals surface area contributed by atoms with Crippen LogP contribution in [0.2, 0.25) is 0 Å². The SMILES string of the molecule is C[C@H]1C[C@H](C)CN(C(=O)CNC(=O)c2cccc([N+](=O)[O-])c2)C1. The van der Waals surface area contributed by atoms with E-state index in [1.807, 2.05) is 0 Å². The van der Waals surface area contributed by atoms with E-state index in [-0.39, 0.29) is 23.7 Å². The number of carbonyl (C=O) groups is 2. The van der Waals surface area contributed by atoms with Gasteiger partial charge in [-0.05, 0) is 24.3 Å². The molecule has 1 aliphatic heterocycles. The highest BCUT2D eigenvalue weighted by atomic mass is 16.6. The predicted molar refractivity (Wildman–Crippen MR) is 85.0 cm³/mol. The predicted octanol–water partition coefficient (Wildman–Crippen LogP) is 1.83. The van der Waals surface area contributed by atoms with Gasteiger partial charge in [0.25, 0.3) is 11.6 Å². The summed E-state index contributed by atoms with van der Waals surface area (Å²) in [5, 5.41) is 13.3. The molecule has 2 amide bonds. The van der Waals surface area contributed by atoms with Crippen molar-refractivity contribution in [1.29, 1.82) is 0 Å². The standard InChI is InChI=1S/C16H21N3O4/c1-11-6-12(2)10-18(9-11)15(20)8-17-16(21)13-4-3-5-14(7-13)19(22)23/h3-5,7,11-12H,6,8-10H2,1-2H3,(H,17,21)/t11-,12-/m0/s1. The van der Waals surface area contributed by atoms with E-state index >= 15 is 0 Å². The van der Waals surface area contributed by atoms with Gasteiger partial charge in [0.05, 0.1) is 11.5 Å². The van der Waals surface area contributed by atoms with Crippen LogP contribution in [0.1, 0.15) is 30.6 Å². The molecular formula is C16H21N3O4. The molecule has 1 heterocycles. The number of nitrogens with one attached hydrogen (secondary N) is 1. The number of hydrogen-bond acceptors (Lipinski definition) is 4. The molecule has 0 aliphatic carbocycles. The molecule has 7 nitrogen and oxygen atoms in total. The second-order valence-electron chi connectivity index (χ2n) is 6.23. The van der Waals surface area contributed by atoms with Crippen molar-refractivity contribution in [3.05, 3.63) is 39.9 Å². The number of non-ortho nitro benzene ring substituents is 1. The number of rotatable bonds is 4. The molecule has 23 heavy (non-hydrogen) atoms. The molecule has 1 aromatic carbocycles. The van der Waals surface area contributed by atoms with Crippen LogP contribution in [0.5, 0.6) is 0 Å². The fourth-order valence-electron chi connectivity index (χ4n) is 3.00. The van der Waals surface area contributed by atoms with Gasteiger partial charge in [0, 0.05) is 30.8 Å². The number of benzene rings is 1. The summed E-state index contributed by atoms with van der Waals surface area (Å²) in [6.45, 7) is 5.53. The molecule has 2 atom stereocenters. The smallest absolute Gasteiger partial charge is 0.270 e. The molecule has 1 saturated heterocycles. The fourth-order valence-corrected chi connectivity index (χ4v) is 3.00. The van der Waals surface area contributed by atoms with Gasteiger partial charge in [0.1, 0.15) is 0 Å². The summed E-state index contributed by atoms with van der Waals surface area (Å²) < 4.78 is 0. The topological polar surface area (TPSA) is 92.6 Å². The average Bonchev–Trinajstić information content (AvgIpc) is 2.51. The third-order valence-electron chi connectivity index (χ3n) is 3.94. The first-order valence-corrected chi connectivity index (χ1v) is 7.67. The van der Waals surface area contributed by atoms with Crippen LogP contribution in [0.4, 0.5) is 5.69 Å². The lowest BCUT2D eigenvalue weighted by molar-refractivity contribution is -0.384. The third kappa shape index (κ3) is 4.51. The summed E-state index contributed by atoms with van der Waals surface area (Å²) in [5.41, 5.74) is 0.0232. The summed E-state index contributed by atoms with van der Waals surface area (Å²) in [6, 6.07) is 5.45. The maximum absolute atomic E-state index is 12.2. The van der Waals surface area contributed by atoms with Crippen molar-refractivity contribution in [3.8, 4) is 0 Å². The van der Waals surface area contributed by atoms with E-state index < -0.39 is 10.8 Å². The van der Waals surface area contributed by atoms with E-state index in [1.54, 1.807) is 4.90 Å². The maximum atomic E-state index is 12.2. The van der Waals surface area contributed by atoms with Gasteiger partial charge in [-0.2, -0.15) is 0 Å². The van der Waals surface area contributed by atoms with Crippen molar-refractivity contribution in [1.82, 2.24) is 10.2 Å². The molecule has 1 fully saturated rings. The second kappa shape index (κ2) is 7.21. The van der Waals surface area contributed by atoms with Crippen LogP contribution in [0.15, 0.2) is 24.3 Å².